The van der Waals surface area contributed by atoms with Crippen molar-refractivity contribution in [2.75, 3.05) is 24.5 Å². The Morgan fingerprint density at radius 2 is 2.38 bits per heavy atom. The summed E-state index contributed by atoms with van der Waals surface area (Å²) < 4.78 is 0. The third-order valence-electron chi connectivity index (χ3n) is 3.59. The van der Waals surface area contributed by atoms with Crippen LogP contribution in [0.5, 0.6) is 0 Å². The molecule has 1 aromatic heterocycles. The molecule has 0 spiro atoms. The average molecular weight is 220 g/mol. The first-order valence-electron chi connectivity index (χ1n) is 5.86. The van der Waals surface area contributed by atoms with Gasteiger partial charge in [-0.2, -0.15) is 0 Å². The number of fused-ring (bicyclic) bond motifs is 1. The lowest BCUT2D eigenvalue weighted by molar-refractivity contribution is 0.340. The maximum atomic E-state index is 11.6. The SMILES string of the molecule is O=c1[nH]ccnc1N1C[C@@H]2CCCN[C@@H]2C1. The van der Waals surface area contributed by atoms with Gasteiger partial charge in [-0.25, -0.2) is 4.98 Å². The van der Waals surface area contributed by atoms with Crippen LogP contribution in [0.1, 0.15) is 12.8 Å². The fourth-order valence-corrected chi connectivity index (χ4v) is 2.79. The topological polar surface area (TPSA) is 61.0 Å². The van der Waals surface area contributed by atoms with Gasteiger partial charge in [0.2, 0.25) is 0 Å². The minimum atomic E-state index is -0.0823. The van der Waals surface area contributed by atoms with Gasteiger partial charge in [-0.1, -0.05) is 0 Å². The second-order valence-electron chi connectivity index (χ2n) is 4.61. The van der Waals surface area contributed by atoms with Crippen molar-refractivity contribution in [3.05, 3.63) is 22.7 Å². The smallest absolute Gasteiger partial charge is 0.290 e. The van der Waals surface area contributed by atoms with E-state index in [4.69, 9.17) is 0 Å². The highest BCUT2D eigenvalue weighted by Crippen LogP contribution is 2.26. The highest BCUT2D eigenvalue weighted by atomic mass is 16.1. The summed E-state index contributed by atoms with van der Waals surface area (Å²) in [7, 11) is 0. The van der Waals surface area contributed by atoms with E-state index in [9.17, 15) is 4.79 Å². The number of aromatic nitrogens is 2. The van der Waals surface area contributed by atoms with E-state index in [1.807, 2.05) is 0 Å². The van der Waals surface area contributed by atoms with E-state index in [-0.39, 0.29) is 5.56 Å². The zero-order valence-corrected chi connectivity index (χ0v) is 9.15. The van der Waals surface area contributed by atoms with E-state index in [0.717, 1.165) is 19.6 Å². The van der Waals surface area contributed by atoms with Gasteiger partial charge in [0.1, 0.15) is 0 Å². The maximum absolute atomic E-state index is 11.6. The summed E-state index contributed by atoms with van der Waals surface area (Å²) in [6.07, 6.45) is 5.73. The molecule has 5 heteroatoms. The molecule has 0 unspecified atom stereocenters. The van der Waals surface area contributed by atoms with Crippen LogP contribution < -0.4 is 15.8 Å². The molecule has 0 radical (unpaired) electrons. The molecule has 2 aliphatic heterocycles. The number of anilines is 1. The van der Waals surface area contributed by atoms with E-state index in [0.29, 0.717) is 17.8 Å². The molecule has 0 saturated carbocycles. The molecule has 0 aliphatic carbocycles. The molecule has 3 heterocycles. The molecule has 86 valence electrons. The number of H-pyrrole nitrogens is 1. The molecule has 5 nitrogen and oxygen atoms in total. The number of aromatic amines is 1. The van der Waals surface area contributed by atoms with Crippen molar-refractivity contribution in [3.63, 3.8) is 0 Å². The summed E-state index contributed by atoms with van der Waals surface area (Å²) in [6.45, 7) is 2.97. The Balaban J connectivity index is 1.83. The molecule has 2 saturated heterocycles. The molecule has 2 N–H and O–H groups in total. The Morgan fingerprint density at radius 1 is 1.44 bits per heavy atom. The Kier molecular flexibility index (Phi) is 2.40. The van der Waals surface area contributed by atoms with Crippen LogP contribution >= 0.6 is 0 Å². The predicted molar refractivity (Wildman–Crippen MR) is 61.6 cm³/mol. The average Bonchev–Trinajstić information content (AvgIpc) is 2.73. The number of nitrogens with zero attached hydrogens (tertiary/aromatic N) is 2. The van der Waals surface area contributed by atoms with E-state index in [1.54, 1.807) is 12.4 Å². The highest BCUT2D eigenvalue weighted by molar-refractivity contribution is 5.38. The lowest BCUT2D eigenvalue weighted by atomic mass is 9.94. The van der Waals surface area contributed by atoms with Crippen LogP contribution in [0, 0.1) is 5.92 Å². The van der Waals surface area contributed by atoms with Gasteiger partial charge in [-0.15, -0.1) is 0 Å². The van der Waals surface area contributed by atoms with Gasteiger partial charge in [0, 0.05) is 31.5 Å². The Hall–Kier alpha value is -1.36. The minimum absolute atomic E-state index is 0.0823. The zero-order chi connectivity index (χ0) is 11.0. The first-order valence-corrected chi connectivity index (χ1v) is 5.86. The van der Waals surface area contributed by atoms with Gasteiger partial charge < -0.3 is 15.2 Å². The Labute approximate surface area is 93.9 Å². The normalized spacial score (nSPS) is 29.1. The summed E-state index contributed by atoms with van der Waals surface area (Å²) in [5, 5.41) is 3.52. The molecule has 2 aliphatic rings. The third-order valence-corrected chi connectivity index (χ3v) is 3.59. The first kappa shape index (κ1) is 9.84. The number of hydrogen-bond acceptors (Lipinski definition) is 4. The fourth-order valence-electron chi connectivity index (χ4n) is 2.79. The van der Waals surface area contributed by atoms with Crippen LogP contribution in [0.4, 0.5) is 5.82 Å². The fraction of sp³-hybridized carbons (Fsp3) is 0.636. The van der Waals surface area contributed by atoms with Gasteiger partial charge in [0.15, 0.2) is 5.82 Å². The summed E-state index contributed by atoms with van der Waals surface area (Å²) in [6, 6.07) is 0.537. The lowest BCUT2D eigenvalue weighted by Gasteiger charge is -2.24. The second kappa shape index (κ2) is 3.90. The zero-order valence-electron chi connectivity index (χ0n) is 9.15. The number of nitrogens with one attached hydrogen (secondary N) is 2. The third kappa shape index (κ3) is 1.61. The van der Waals surface area contributed by atoms with Gasteiger partial charge in [-0.3, -0.25) is 4.79 Å². The van der Waals surface area contributed by atoms with E-state index in [2.05, 4.69) is 20.2 Å². The number of rotatable bonds is 1. The molecule has 0 aromatic carbocycles. The van der Waals surface area contributed by atoms with Crippen LogP contribution in [0.3, 0.4) is 0 Å². The van der Waals surface area contributed by atoms with Gasteiger partial charge in [0.05, 0.1) is 0 Å². The van der Waals surface area contributed by atoms with Gasteiger partial charge in [-0.05, 0) is 25.3 Å². The maximum Gasteiger partial charge on any atom is 0.290 e. The van der Waals surface area contributed by atoms with Crippen LogP contribution in [0.2, 0.25) is 0 Å². The van der Waals surface area contributed by atoms with Gasteiger partial charge >= 0.3 is 0 Å². The molecule has 1 aromatic rings. The molecule has 0 bridgehead atoms. The van der Waals surface area contributed by atoms with Crippen molar-refractivity contribution in [2.24, 2.45) is 5.92 Å². The van der Waals surface area contributed by atoms with Crippen LogP contribution in [0.15, 0.2) is 17.2 Å². The molecule has 2 atom stereocenters. The Morgan fingerprint density at radius 3 is 3.19 bits per heavy atom. The molecule has 3 rings (SSSR count). The van der Waals surface area contributed by atoms with Crippen molar-refractivity contribution >= 4 is 5.82 Å². The highest BCUT2D eigenvalue weighted by Gasteiger charge is 2.35. The molecular formula is C11H16N4O. The molecule has 0 amide bonds. The second-order valence-corrected chi connectivity index (χ2v) is 4.61. The van der Waals surface area contributed by atoms with E-state index < -0.39 is 0 Å². The molecular weight excluding hydrogens is 204 g/mol. The monoisotopic (exact) mass is 220 g/mol. The standard InChI is InChI=1S/C11H16N4O/c16-11-10(13-4-5-14-11)15-6-8-2-1-3-12-9(8)7-15/h4-5,8-9,12H,1-3,6-7H2,(H,14,16)/t8-,9+/m0/s1. The number of hydrogen-bond donors (Lipinski definition) is 2. The van der Waals surface area contributed by atoms with Crippen LogP contribution in [0.25, 0.3) is 0 Å². The van der Waals surface area contributed by atoms with Gasteiger partial charge in [0.25, 0.3) is 5.56 Å². The molecule has 2 fully saturated rings. The summed E-state index contributed by atoms with van der Waals surface area (Å²) in [5.41, 5.74) is -0.0823. The predicted octanol–water partition coefficient (Wildman–Crippen LogP) is -0.0419. The summed E-state index contributed by atoms with van der Waals surface area (Å²) in [5.74, 6) is 1.24. The van der Waals surface area contributed by atoms with E-state index in [1.165, 1.54) is 12.8 Å². The quantitative estimate of drug-likeness (QED) is 0.697. The van der Waals surface area contributed by atoms with Crippen molar-refractivity contribution in [2.45, 2.75) is 18.9 Å². The van der Waals surface area contributed by atoms with Crippen molar-refractivity contribution in [1.82, 2.24) is 15.3 Å². The minimum Gasteiger partial charge on any atom is -0.350 e. The Bertz CT molecular complexity index is 416. The number of piperidine rings is 1. The summed E-state index contributed by atoms with van der Waals surface area (Å²) in [4.78, 5) is 20.6. The van der Waals surface area contributed by atoms with Crippen molar-refractivity contribution in [3.8, 4) is 0 Å². The van der Waals surface area contributed by atoms with Crippen molar-refractivity contribution in [1.29, 1.82) is 0 Å². The molecule has 16 heavy (non-hydrogen) atoms. The largest absolute Gasteiger partial charge is 0.350 e. The summed E-state index contributed by atoms with van der Waals surface area (Å²) >= 11 is 0. The lowest BCUT2D eigenvalue weighted by Crippen LogP contribution is -2.40. The van der Waals surface area contributed by atoms with Crippen molar-refractivity contribution < 1.29 is 0 Å². The van der Waals surface area contributed by atoms with Crippen LogP contribution in [-0.2, 0) is 0 Å². The van der Waals surface area contributed by atoms with E-state index >= 15 is 0 Å². The van der Waals surface area contributed by atoms with Crippen LogP contribution in [-0.4, -0.2) is 35.6 Å². The first-order chi connectivity index (χ1) is 7.84.